The molecule has 0 spiro atoms. The minimum absolute atomic E-state index is 0.664. The van der Waals surface area contributed by atoms with Crippen LogP contribution in [-0.4, -0.2) is 26.3 Å². The van der Waals surface area contributed by atoms with Gasteiger partial charge in [0.2, 0.25) is 0 Å². The molecule has 1 N–H and O–H groups in total. The summed E-state index contributed by atoms with van der Waals surface area (Å²) in [5.74, 6) is 1.35. The number of anilines is 1. The molecule has 84 valence electrons. The lowest BCUT2D eigenvalue weighted by Gasteiger charge is -2.11. The van der Waals surface area contributed by atoms with Crippen LogP contribution in [0.2, 0.25) is 0 Å². The number of ether oxygens (including phenoxy) is 2. The number of benzene rings is 1. The summed E-state index contributed by atoms with van der Waals surface area (Å²) < 4.78 is 10.6. The number of aromatic nitrogens is 1. The third kappa shape index (κ3) is 1.52. The Kier molecular flexibility index (Phi) is 2.81. The predicted molar refractivity (Wildman–Crippen MR) is 64.4 cm³/mol. The molecule has 1 aromatic carbocycles. The molecule has 4 nitrogen and oxygen atoms in total. The SMILES string of the molecule is CNc1ccnc2c(OC)c(OC)ccc12. The summed E-state index contributed by atoms with van der Waals surface area (Å²) >= 11 is 0. The number of fused-ring (bicyclic) bond motifs is 1. The highest BCUT2D eigenvalue weighted by atomic mass is 16.5. The predicted octanol–water partition coefficient (Wildman–Crippen LogP) is 2.29. The first-order chi connectivity index (χ1) is 7.81. The highest BCUT2D eigenvalue weighted by Gasteiger charge is 2.11. The highest BCUT2D eigenvalue weighted by molar-refractivity contribution is 5.96. The number of rotatable bonds is 3. The first-order valence-corrected chi connectivity index (χ1v) is 4.99. The molecule has 0 aliphatic carbocycles. The second-order valence-corrected chi connectivity index (χ2v) is 3.31. The van der Waals surface area contributed by atoms with Crippen LogP contribution in [0.25, 0.3) is 10.9 Å². The van der Waals surface area contributed by atoms with Crippen LogP contribution >= 0.6 is 0 Å². The van der Waals surface area contributed by atoms with Crippen molar-refractivity contribution in [1.82, 2.24) is 4.98 Å². The van der Waals surface area contributed by atoms with Gasteiger partial charge in [-0.3, -0.25) is 4.98 Å². The lowest BCUT2D eigenvalue weighted by molar-refractivity contribution is 0.358. The van der Waals surface area contributed by atoms with E-state index in [1.165, 1.54) is 0 Å². The number of hydrogen-bond donors (Lipinski definition) is 1. The highest BCUT2D eigenvalue weighted by Crippen LogP contribution is 2.36. The Hall–Kier alpha value is -1.97. The van der Waals surface area contributed by atoms with Gasteiger partial charge in [0, 0.05) is 24.3 Å². The molecule has 0 saturated heterocycles. The molecule has 2 aromatic rings. The van der Waals surface area contributed by atoms with Crippen molar-refractivity contribution in [3.8, 4) is 11.5 Å². The van der Waals surface area contributed by atoms with Crippen molar-refractivity contribution in [1.29, 1.82) is 0 Å². The van der Waals surface area contributed by atoms with E-state index in [0.29, 0.717) is 11.5 Å². The second kappa shape index (κ2) is 4.26. The normalized spacial score (nSPS) is 10.2. The molecule has 0 saturated carbocycles. The zero-order valence-corrected chi connectivity index (χ0v) is 9.57. The van der Waals surface area contributed by atoms with Crippen molar-refractivity contribution in [3.05, 3.63) is 24.4 Å². The Morgan fingerprint density at radius 2 is 1.94 bits per heavy atom. The molecule has 1 heterocycles. The van der Waals surface area contributed by atoms with E-state index in [1.54, 1.807) is 20.4 Å². The van der Waals surface area contributed by atoms with Gasteiger partial charge in [-0.1, -0.05) is 0 Å². The van der Waals surface area contributed by atoms with E-state index >= 15 is 0 Å². The van der Waals surface area contributed by atoms with Gasteiger partial charge in [0.1, 0.15) is 5.52 Å². The van der Waals surface area contributed by atoms with Crippen LogP contribution in [0.4, 0.5) is 5.69 Å². The summed E-state index contributed by atoms with van der Waals surface area (Å²) in [5, 5.41) is 4.14. The van der Waals surface area contributed by atoms with Gasteiger partial charge in [-0.25, -0.2) is 0 Å². The molecule has 0 bridgehead atoms. The van der Waals surface area contributed by atoms with E-state index in [-0.39, 0.29) is 0 Å². The van der Waals surface area contributed by atoms with Gasteiger partial charge in [-0.05, 0) is 18.2 Å². The lowest BCUT2D eigenvalue weighted by Crippen LogP contribution is -1.95. The minimum atomic E-state index is 0.664. The van der Waals surface area contributed by atoms with Crippen molar-refractivity contribution >= 4 is 16.6 Å². The Balaban J connectivity index is 2.78. The Morgan fingerprint density at radius 1 is 1.12 bits per heavy atom. The summed E-state index contributed by atoms with van der Waals surface area (Å²) in [4.78, 5) is 4.32. The van der Waals surface area contributed by atoms with Gasteiger partial charge >= 0.3 is 0 Å². The molecule has 0 unspecified atom stereocenters. The first-order valence-electron chi connectivity index (χ1n) is 4.99. The van der Waals surface area contributed by atoms with Crippen molar-refractivity contribution < 1.29 is 9.47 Å². The molecular formula is C12H14N2O2. The van der Waals surface area contributed by atoms with Crippen LogP contribution in [0, 0.1) is 0 Å². The van der Waals surface area contributed by atoms with E-state index in [4.69, 9.17) is 9.47 Å². The van der Waals surface area contributed by atoms with Crippen LogP contribution in [0.5, 0.6) is 11.5 Å². The third-order valence-electron chi connectivity index (χ3n) is 2.52. The van der Waals surface area contributed by atoms with Crippen molar-refractivity contribution in [2.75, 3.05) is 26.6 Å². The molecule has 4 heteroatoms. The Bertz CT molecular complexity index is 512. The maximum atomic E-state index is 5.33. The van der Waals surface area contributed by atoms with Gasteiger partial charge < -0.3 is 14.8 Å². The van der Waals surface area contributed by atoms with Gasteiger partial charge in [-0.15, -0.1) is 0 Å². The zero-order chi connectivity index (χ0) is 11.5. The molecule has 0 atom stereocenters. The molecule has 0 radical (unpaired) electrons. The maximum absolute atomic E-state index is 5.33. The van der Waals surface area contributed by atoms with E-state index in [2.05, 4.69) is 10.3 Å². The van der Waals surface area contributed by atoms with Crippen LogP contribution in [-0.2, 0) is 0 Å². The number of nitrogens with zero attached hydrogens (tertiary/aromatic N) is 1. The quantitative estimate of drug-likeness (QED) is 0.858. The number of pyridine rings is 1. The van der Waals surface area contributed by atoms with E-state index in [0.717, 1.165) is 16.6 Å². The standard InChI is InChI=1S/C12H14N2O2/c1-13-9-6-7-14-11-8(9)4-5-10(15-2)12(11)16-3/h4-7H,1-3H3,(H,13,14). The zero-order valence-electron chi connectivity index (χ0n) is 9.57. The Labute approximate surface area is 94.2 Å². The fraction of sp³-hybridized carbons (Fsp3) is 0.250. The van der Waals surface area contributed by atoms with Crippen LogP contribution in [0.1, 0.15) is 0 Å². The van der Waals surface area contributed by atoms with Crippen molar-refractivity contribution in [2.45, 2.75) is 0 Å². The second-order valence-electron chi connectivity index (χ2n) is 3.31. The molecule has 0 aliphatic heterocycles. The lowest BCUT2D eigenvalue weighted by atomic mass is 10.1. The molecule has 0 amide bonds. The van der Waals surface area contributed by atoms with Gasteiger partial charge in [-0.2, -0.15) is 0 Å². The molecule has 1 aromatic heterocycles. The molecule has 0 aliphatic rings. The summed E-state index contributed by atoms with van der Waals surface area (Å²) in [6.07, 6.45) is 1.75. The molecular weight excluding hydrogens is 204 g/mol. The van der Waals surface area contributed by atoms with Crippen molar-refractivity contribution in [2.24, 2.45) is 0 Å². The number of hydrogen-bond acceptors (Lipinski definition) is 4. The van der Waals surface area contributed by atoms with Crippen LogP contribution < -0.4 is 14.8 Å². The van der Waals surface area contributed by atoms with E-state index in [1.807, 2.05) is 25.2 Å². The fourth-order valence-corrected chi connectivity index (χ4v) is 1.75. The average Bonchev–Trinajstić information content (AvgIpc) is 2.36. The summed E-state index contributed by atoms with van der Waals surface area (Å²) in [6.45, 7) is 0. The van der Waals surface area contributed by atoms with Gasteiger partial charge in [0.15, 0.2) is 11.5 Å². The van der Waals surface area contributed by atoms with Gasteiger partial charge in [0.05, 0.1) is 14.2 Å². The maximum Gasteiger partial charge on any atom is 0.187 e. The largest absolute Gasteiger partial charge is 0.493 e. The minimum Gasteiger partial charge on any atom is -0.493 e. The van der Waals surface area contributed by atoms with Crippen LogP contribution in [0.3, 0.4) is 0 Å². The smallest absolute Gasteiger partial charge is 0.187 e. The summed E-state index contributed by atoms with van der Waals surface area (Å²) in [6, 6.07) is 5.77. The first kappa shape index (κ1) is 10.5. The molecule has 2 rings (SSSR count). The number of nitrogens with one attached hydrogen (secondary N) is 1. The molecule has 16 heavy (non-hydrogen) atoms. The van der Waals surface area contributed by atoms with Crippen LogP contribution in [0.15, 0.2) is 24.4 Å². The summed E-state index contributed by atoms with van der Waals surface area (Å²) in [7, 11) is 5.11. The average molecular weight is 218 g/mol. The third-order valence-corrected chi connectivity index (χ3v) is 2.52. The topological polar surface area (TPSA) is 43.4 Å². The Morgan fingerprint density at radius 3 is 2.56 bits per heavy atom. The van der Waals surface area contributed by atoms with E-state index in [9.17, 15) is 0 Å². The van der Waals surface area contributed by atoms with Crippen molar-refractivity contribution in [3.63, 3.8) is 0 Å². The monoisotopic (exact) mass is 218 g/mol. The fourth-order valence-electron chi connectivity index (χ4n) is 1.75. The van der Waals surface area contributed by atoms with E-state index < -0.39 is 0 Å². The number of methoxy groups -OCH3 is 2. The summed E-state index contributed by atoms with van der Waals surface area (Å²) in [5.41, 5.74) is 1.82. The molecule has 0 fully saturated rings. The van der Waals surface area contributed by atoms with Gasteiger partial charge in [0.25, 0.3) is 0 Å².